The third-order valence-electron chi connectivity index (χ3n) is 5.17. The van der Waals surface area contributed by atoms with Crippen LogP contribution in [0.3, 0.4) is 0 Å². The first-order valence-electron chi connectivity index (χ1n) is 9.02. The van der Waals surface area contributed by atoms with Gasteiger partial charge in [0.1, 0.15) is 5.82 Å². The molecular formula is C18H32Cl3N5O. The molecule has 0 aromatic carbocycles. The average Bonchev–Trinajstić information content (AvgIpc) is 3.08. The monoisotopic (exact) mass is 439 g/mol. The number of anilines is 2. The lowest BCUT2D eigenvalue weighted by Gasteiger charge is -2.36. The topological polar surface area (TPSA) is 60.5 Å². The molecule has 9 heteroatoms. The molecule has 2 aliphatic rings. The molecule has 1 unspecified atom stereocenters. The van der Waals surface area contributed by atoms with E-state index in [1.54, 1.807) is 0 Å². The third-order valence-corrected chi connectivity index (χ3v) is 5.17. The summed E-state index contributed by atoms with van der Waals surface area (Å²) >= 11 is 0. The Morgan fingerprint density at radius 3 is 2.44 bits per heavy atom. The van der Waals surface area contributed by atoms with Crippen LogP contribution >= 0.6 is 37.2 Å². The molecule has 1 aromatic rings. The normalized spacial score (nSPS) is 19.7. The number of rotatable bonds is 5. The van der Waals surface area contributed by atoms with Gasteiger partial charge in [-0.3, -0.25) is 4.79 Å². The molecule has 1 atom stereocenters. The maximum Gasteiger partial charge on any atom is 0.227 e. The second-order valence-electron chi connectivity index (χ2n) is 7.13. The first-order valence-corrected chi connectivity index (χ1v) is 9.02. The van der Waals surface area contributed by atoms with E-state index >= 15 is 0 Å². The van der Waals surface area contributed by atoms with Gasteiger partial charge in [0, 0.05) is 31.6 Å². The number of halogens is 3. The minimum absolute atomic E-state index is 0. The Bertz CT molecular complexity index is 544. The molecule has 2 fully saturated rings. The summed E-state index contributed by atoms with van der Waals surface area (Å²) in [6.45, 7) is 3.14. The van der Waals surface area contributed by atoms with Gasteiger partial charge in [0.2, 0.25) is 5.91 Å². The predicted molar refractivity (Wildman–Crippen MR) is 119 cm³/mol. The van der Waals surface area contributed by atoms with Gasteiger partial charge in [-0.2, -0.15) is 0 Å². The summed E-state index contributed by atoms with van der Waals surface area (Å²) in [4.78, 5) is 21.2. The number of pyridine rings is 1. The molecule has 156 valence electrons. The summed E-state index contributed by atoms with van der Waals surface area (Å²) in [6.07, 6.45) is 7.01. The zero-order valence-corrected chi connectivity index (χ0v) is 18.5. The lowest BCUT2D eigenvalue weighted by Crippen LogP contribution is -2.42. The first kappa shape index (κ1) is 26.2. The molecule has 2 saturated heterocycles. The SMILES string of the molecule is CN(C)C1CCN(c2ccc(NC(=O)CC3CCCN3)nc2)CC1.Cl.Cl.Cl. The standard InChI is InChI=1S/C18H29N5O.3ClH/c1-22(2)15-7-10-23(11-8-15)16-5-6-17(20-13-16)21-18(24)12-14-4-3-9-19-14;;;/h5-6,13-15,19H,3-4,7-12H2,1-2H3,(H,20,21,24);3*1H. The molecule has 0 saturated carbocycles. The van der Waals surface area contributed by atoms with Crippen LogP contribution in [0.4, 0.5) is 11.5 Å². The summed E-state index contributed by atoms with van der Waals surface area (Å²) in [5.41, 5.74) is 1.14. The van der Waals surface area contributed by atoms with Crippen LogP contribution in [0.2, 0.25) is 0 Å². The Morgan fingerprint density at radius 1 is 1.22 bits per heavy atom. The van der Waals surface area contributed by atoms with E-state index < -0.39 is 0 Å². The van der Waals surface area contributed by atoms with Crippen molar-refractivity contribution in [2.45, 2.75) is 44.2 Å². The van der Waals surface area contributed by atoms with Gasteiger partial charge in [0.05, 0.1) is 11.9 Å². The highest BCUT2D eigenvalue weighted by atomic mass is 35.5. The molecule has 3 heterocycles. The van der Waals surface area contributed by atoms with Crippen molar-refractivity contribution in [3.8, 4) is 0 Å². The summed E-state index contributed by atoms with van der Waals surface area (Å²) in [7, 11) is 4.31. The van der Waals surface area contributed by atoms with Crippen LogP contribution in [-0.2, 0) is 4.79 Å². The Kier molecular flexibility index (Phi) is 12.3. The van der Waals surface area contributed by atoms with E-state index in [1.807, 2.05) is 12.3 Å². The van der Waals surface area contributed by atoms with Gasteiger partial charge in [0.25, 0.3) is 0 Å². The van der Waals surface area contributed by atoms with E-state index in [-0.39, 0.29) is 43.1 Å². The molecule has 1 amide bonds. The van der Waals surface area contributed by atoms with Crippen molar-refractivity contribution >= 4 is 54.6 Å². The molecule has 27 heavy (non-hydrogen) atoms. The van der Waals surface area contributed by atoms with Crippen molar-refractivity contribution in [3.05, 3.63) is 18.3 Å². The zero-order chi connectivity index (χ0) is 16.9. The summed E-state index contributed by atoms with van der Waals surface area (Å²) < 4.78 is 0. The van der Waals surface area contributed by atoms with Crippen LogP contribution in [0.5, 0.6) is 0 Å². The summed E-state index contributed by atoms with van der Waals surface area (Å²) in [5, 5.41) is 6.25. The van der Waals surface area contributed by atoms with E-state index in [2.05, 4.69) is 45.6 Å². The van der Waals surface area contributed by atoms with Crippen LogP contribution in [0.1, 0.15) is 32.1 Å². The Morgan fingerprint density at radius 2 is 1.93 bits per heavy atom. The summed E-state index contributed by atoms with van der Waals surface area (Å²) in [6, 6.07) is 4.97. The average molecular weight is 441 g/mol. The quantitative estimate of drug-likeness (QED) is 0.737. The number of nitrogens with one attached hydrogen (secondary N) is 2. The van der Waals surface area contributed by atoms with E-state index in [4.69, 9.17) is 0 Å². The molecule has 3 rings (SSSR count). The van der Waals surface area contributed by atoms with Crippen molar-refractivity contribution in [1.82, 2.24) is 15.2 Å². The number of amides is 1. The van der Waals surface area contributed by atoms with Gasteiger partial charge >= 0.3 is 0 Å². The second-order valence-corrected chi connectivity index (χ2v) is 7.13. The minimum Gasteiger partial charge on any atom is -0.370 e. The van der Waals surface area contributed by atoms with E-state index in [0.29, 0.717) is 24.3 Å². The van der Waals surface area contributed by atoms with Crippen molar-refractivity contribution in [2.24, 2.45) is 0 Å². The van der Waals surface area contributed by atoms with Gasteiger partial charge in [-0.25, -0.2) is 4.98 Å². The maximum atomic E-state index is 12.0. The van der Waals surface area contributed by atoms with Gasteiger partial charge in [-0.05, 0) is 58.5 Å². The second kappa shape index (κ2) is 12.6. The molecule has 0 aliphatic carbocycles. The molecule has 1 aromatic heterocycles. The Labute approximate surface area is 181 Å². The molecule has 0 bridgehead atoms. The highest BCUT2D eigenvalue weighted by Gasteiger charge is 2.21. The van der Waals surface area contributed by atoms with E-state index in [9.17, 15) is 4.79 Å². The number of nitrogens with zero attached hydrogens (tertiary/aromatic N) is 3. The lowest BCUT2D eigenvalue weighted by atomic mass is 10.0. The molecule has 6 nitrogen and oxygen atoms in total. The van der Waals surface area contributed by atoms with Crippen molar-refractivity contribution in [3.63, 3.8) is 0 Å². The van der Waals surface area contributed by atoms with Crippen LogP contribution in [0, 0.1) is 0 Å². The fraction of sp³-hybridized carbons (Fsp3) is 0.667. The Hall–Kier alpha value is -0.790. The third kappa shape index (κ3) is 7.62. The van der Waals surface area contributed by atoms with Crippen LogP contribution in [-0.4, -0.2) is 61.6 Å². The number of hydrogen-bond acceptors (Lipinski definition) is 5. The number of carbonyl (C=O) groups is 1. The highest BCUT2D eigenvalue weighted by Crippen LogP contribution is 2.22. The number of carbonyl (C=O) groups excluding carboxylic acids is 1. The first-order chi connectivity index (χ1) is 11.6. The molecular weight excluding hydrogens is 409 g/mol. The molecule has 0 radical (unpaired) electrons. The molecule has 2 aliphatic heterocycles. The van der Waals surface area contributed by atoms with E-state index in [0.717, 1.165) is 38.2 Å². The molecule has 2 N–H and O–H groups in total. The van der Waals surface area contributed by atoms with Gasteiger partial charge in [-0.1, -0.05) is 0 Å². The van der Waals surface area contributed by atoms with Crippen molar-refractivity contribution < 1.29 is 4.79 Å². The summed E-state index contributed by atoms with van der Waals surface area (Å²) in [5.74, 6) is 0.686. The van der Waals surface area contributed by atoms with Gasteiger partial charge in [0.15, 0.2) is 0 Å². The molecule has 0 spiro atoms. The predicted octanol–water partition coefficient (Wildman–Crippen LogP) is 2.96. The van der Waals surface area contributed by atoms with Crippen molar-refractivity contribution in [1.29, 1.82) is 0 Å². The van der Waals surface area contributed by atoms with Crippen LogP contribution in [0.15, 0.2) is 18.3 Å². The minimum atomic E-state index is 0. The van der Waals surface area contributed by atoms with Gasteiger partial charge < -0.3 is 20.4 Å². The van der Waals surface area contributed by atoms with Crippen molar-refractivity contribution in [2.75, 3.05) is 43.9 Å². The number of piperidine rings is 1. The zero-order valence-electron chi connectivity index (χ0n) is 16.0. The fourth-order valence-electron chi connectivity index (χ4n) is 3.64. The van der Waals surface area contributed by atoms with Crippen LogP contribution < -0.4 is 15.5 Å². The number of hydrogen-bond donors (Lipinski definition) is 2. The maximum absolute atomic E-state index is 12.0. The number of aromatic nitrogens is 1. The Balaban J connectivity index is 0.00000225. The highest BCUT2D eigenvalue weighted by molar-refractivity contribution is 5.90. The van der Waals surface area contributed by atoms with Gasteiger partial charge in [-0.15, -0.1) is 37.2 Å². The van der Waals surface area contributed by atoms with E-state index in [1.165, 1.54) is 12.8 Å². The fourth-order valence-corrected chi connectivity index (χ4v) is 3.64. The van der Waals surface area contributed by atoms with Crippen LogP contribution in [0.25, 0.3) is 0 Å². The lowest BCUT2D eigenvalue weighted by molar-refractivity contribution is -0.116. The largest absolute Gasteiger partial charge is 0.370 e. The smallest absolute Gasteiger partial charge is 0.227 e.